The molecule has 0 atom stereocenters. The molecule has 2 aromatic rings. The van der Waals surface area contributed by atoms with Crippen LogP contribution in [0, 0.1) is 6.92 Å². The van der Waals surface area contributed by atoms with Crippen LogP contribution < -0.4 is 21.5 Å². The number of carbonyl (C=O) groups is 1. The Kier molecular flexibility index (Phi) is 6.33. The maximum Gasteiger partial charge on any atom is 0.338 e. The van der Waals surface area contributed by atoms with Crippen LogP contribution in [0.4, 0.5) is 10.5 Å². The first kappa shape index (κ1) is 20.3. The molecule has 26 heavy (non-hydrogen) atoms. The molecule has 0 saturated carbocycles. The molecule has 0 saturated heterocycles. The second kappa shape index (κ2) is 8.11. The normalized spacial score (nSPS) is 11.0. The Bertz CT molecular complexity index is 812. The first-order valence-electron chi connectivity index (χ1n) is 7.64. The van der Waals surface area contributed by atoms with Gasteiger partial charge in [-0.2, -0.15) is 0 Å². The number of amides is 2. The van der Waals surface area contributed by atoms with E-state index in [1.807, 2.05) is 20.8 Å². The number of benzene rings is 1. The van der Waals surface area contributed by atoms with E-state index >= 15 is 0 Å². The fraction of sp³-hybridized carbons (Fsp3) is 0.312. The van der Waals surface area contributed by atoms with Crippen molar-refractivity contribution in [3.63, 3.8) is 0 Å². The number of anilines is 1. The van der Waals surface area contributed by atoms with Gasteiger partial charge in [-0.1, -0.05) is 34.4 Å². The van der Waals surface area contributed by atoms with Gasteiger partial charge in [-0.25, -0.2) is 10.2 Å². The van der Waals surface area contributed by atoms with Crippen LogP contribution in [-0.4, -0.2) is 21.8 Å². The summed E-state index contributed by atoms with van der Waals surface area (Å²) in [6.07, 6.45) is 0. The Morgan fingerprint density at radius 1 is 1.19 bits per heavy atom. The van der Waals surface area contributed by atoms with Gasteiger partial charge in [0.15, 0.2) is 10.9 Å². The van der Waals surface area contributed by atoms with Gasteiger partial charge in [0.25, 0.3) is 0 Å². The Morgan fingerprint density at radius 3 is 2.38 bits per heavy atom. The third-order valence-corrected chi connectivity index (χ3v) is 3.91. The van der Waals surface area contributed by atoms with E-state index in [1.54, 1.807) is 25.1 Å². The van der Waals surface area contributed by atoms with Crippen molar-refractivity contribution in [2.75, 3.05) is 5.32 Å². The number of urea groups is 1. The summed E-state index contributed by atoms with van der Waals surface area (Å²) in [6, 6.07) is 4.51. The molecule has 2 amide bonds. The predicted molar refractivity (Wildman–Crippen MR) is 107 cm³/mol. The van der Waals surface area contributed by atoms with Crippen LogP contribution in [0.15, 0.2) is 22.7 Å². The number of aryl methyl sites for hydroxylation is 1. The number of halogens is 2. The third kappa shape index (κ3) is 5.23. The summed E-state index contributed by atoms with van der Waals surface area (Å²) in [4.78, 5) is 12.2. The number of thiocarbonyl (C=S) groups is 1. The summed E-state index contributed by atoms with van der Waals surface area (Å²) in [5.74, 6) is 0.404. The van der Waals surface area contributed by atoms with Gasteiger partial charge < -0.3 is 15.2 Å². The fourth-order valence-corrected chi connectivity index (χ4v) is 2.98. The van der Waals surface area contributed by atoms with Crippen LogP contribution >= 0.6 is 35.4 Å². The molecule has 0 aliphatic carbocycles. The number of rotatable bonds is 2. The molecule has 0 spiro atoms. The highest BCUT2D eigenvalue weighted by molar-refractivity contribution is 7.80. The van der Waals surface area contributed by atoms with Gasteiger partial charge in [0.1, 0.15) is 11.4 Å². The van der Waals surface area contributed by atoms with Crippen LogP contribution in [0.2, 0.25) is 10.0 Å². The lowest BCUT2D eigenvalue weighted by molar-refractivity contribution is 0.250. The average Bonchev–Trinajstić information content (AvgIpc) is 2.85. The molecule has 1 aromatic heterocycles. The lowest BCUT2D eigenvalue weighted by atomic mass is 10.1. The van der Waals surface area contributed by atoms with Crippen molar-refractivity contribution in [3.8, 4) is 11.3 Å². The molecule has 1 heterocycles. The van der Waals surface area contributed by atoms with Gasteiger partial charge in [0, 0.05) is 11.1 Å². The van der Waals surface area contributed by atoms with Crippen molar-refractivity contribution in [2.24, 2.45) is 0 Å². The van der Waals surface area contributed by atoms with Crippen molar-refractivity contribution in [1.82, 2.24) is 21.3 Å². The Balaban J connectivity index is 2.12. The van der Waals surface area contributed by atoms with Gasteiger partial charge in [0.2, 0.25) is 0 Å². The zero-order chi connectivity index (χ0) is 19.5. The van der Waals surface area contributed by atoms with E-state index in [1.165, 1.54) is 0 Å². The van der Waals surface area contributed by atoms with Crippen molar-refractivity contribution in [2.45, 2.75) is 33.2 Å². The van der Waals surface area contributed by atoms with Crippen LogP contribution in [0.3, 0.4) is 0 Å². The van der Waals surface area contributed by atoms with E-state index in [4.69, 9.17) is 39.9 Å². The quantitative estimate of drug-likeness (QED) is 0.432. The maximum absolute atomic E-state index is 12.2. The van der Waals surface area contributed by atoms with E-state index in [0.717, 1.165) is 0 Å². The summed E-state index contributed by atoms with van der Waals surface area (Å²) in [5.41, 5.74) is 5.98. The number of hydrogen-bond acceptors (Lipinski definition) is 4. The average molecular weight is 416 g/mol. The van der Waals surface area contributed by atoms with Crippen LogP contribution in [0.5, 0.6) is 0 Å². The van der Waals surface area contributed by atoms with Gasteiger partial charge >= 0.3 is 6.03 Å². The third-order valence-electron chi connectivity index (χ3n) is 3.08. The molecule has 0 fully saturated rings. The van der Waals surface area contributed by atoms with E-state index in [-0.39, 0.29) is 10.7 Å². The number of nitrogens with zero attached hydrogens (tertiary/aromatic N) is 1. The molecule has 0 aliphatic rings. The van der Waals surface area contributed by atoms with E-state index in [0.29, 0.717) is 32.8 Å². The monoisotopic (exact) mass is 415 g/mol. The molecule has 0 radical (unpaired) electrons. The molecule has 140 valence electrons. The first-order valence-corrected chi connectivity index (χ1v) is 8.80. The highest BCUT2D eigenvalue weighted by atomic mass is 35.5. The molecule has 1 aromatic carbocycles. The molecular weight excluding hydrogens is 397 g/mol. The second-order valence-electron chi connectivity index (χ2n) is 6.47. The van der Waals surface area contributed by atoms with Crippen molar-refractivity contribution in [1.29, 1.82) is 0 Å². The number of carbonyl (C=O) groups excluding carboxylic acids is 1. The smallest absolute Gasteiger partial charge is 0.338 e. The Hall–Kier alpha value is -2.03. The molecular formula is C16H19Cl2N5O2S. The first-order chi connectivity index (χ1) is 12.1. The largest absolute Gasteiger partial charge is 0.359 e. The van der Waals surface area contributed by atoms with E-state index in [9.17, 15) is 4.79 Å². The summed E-state index contributed by atoms with van der Waals surface area (Å²) >= 11 is 17.5. The Morgan fingerprint density at radius 2 is 1.81 bits per heavy atom. The standard InChI is InChI=1S/C16H19Cl2N5O2S/c1-8-12(19-14(24)21-22-15(26)20-16(2,3)4)13(23-25-8)11-9(17)6-5-7-10(11)18/h5-7H,1-4H3,(H2,19,21,24)(H2,20,22,26). The number of nitrogens with one attached hydrogen (secondary N) is 4. The van der Waals surface area contributed by atoms with Crippen molar-refractivity contribution >= 4 is 52.3 Å². The number of aromatic nitrogens is 1. The van der Waals surface area contributed by atoms with E-state index < -0.39 is 6.03 Å². The molecule has 0 unspecified atom stereocenters. The maximum atomic E-state index is 12.2. The topological polar surface area (TPSA) is 91.2 Å². The van der Waals surface area contributed by atoms with Gasteiger partial charge in [-0.15, -0.1) is 0 Å². The van der Waals surface area contributed by atoms with Gasteiger partial charge in [-0.05, 0) is 52.0 Å². The number of hydrazine groups is 1. The summed E-state index contributed by atoms with van der Waals surface area (Å²) in [7, 11) is 0. The zero-order valence-corrected chi connectivity index (χ0v) is 17.0. The van der Waals surface area contributed by atoms with Crippen LogP contribution in [0.1, 0.15) is 26.5 Å². The highest BCUT2D eigenvalue weighted by Gasteiger charge is 2.21. The minimum Gasteiger partial charge on any atom is -0.359 e. The molecule has 4 N–H and O–H groups in total. The van der Waals surface area contributed by atoms with Gasteiger partial charge in [0.05, 0.1) is 10.0 Å². The van der Waals surface area contributed by atoms with Crippen LogP contribution in [0.25, 0.3) is 11.3 Å². The van der Waals surface area contributed by atoms with Gasteiger partial charge in [-0.3, -0.25) is 5.43 Å². The molecule has 7 nitrogen and oxygen atoms in total. The summed E-state index contributed by atoms with van der Waals surface area (Å²) in [6.45, 7) is 7.50. The van der Waals surface area contributed by atoms with Crippen molar-refractivity contribution in [3.05, 3.63) is 34.0 Å². The minimum absolute atomic E-state index is 0.235. The lowest BCUT2D eigenvalue weighted by Gasteiger charge is -2.23. The highest BCUT2D eigenvalue weighted by Crippen LogP contribution is 2.39. The molecule has 0 aliphatic heterocycles. The summed E-state index contributed by atoms with van der Waals surface area (Å²) < 4.78 is 5.18. The lowest BCUT2D eigenvalue weighted by Crippen LogP contribution is -2.53. The fourth-order valence-electron chi connectivity index (χ4n) is 2.04. The molecule has 10 heteroatoms. The van der Waals surface area contributed by atoms with Crippen LogP contribution in [-0.2, 0) is 0 Å². The molecule has 2 rings (SSSR count). The SMILES string of the molecule is Cc1onc(-c2c(Cl)cccc2Cl)c1NC(=O)NNC(=S)NC(C)(C)C. The zero-order valence-electron chi connectivity index (χ0n) is 14.7. The second-order valence-corrected chi connectivity index (χ2v) is 7.69. The Labute approximate surface area is 166 Å². The van der Waals surface area contributed by atoms with Crippen molar-refractivity contribution < 1.29 is 9.32 Å². The predicted octanol–water partition coefficient (Wildman–Crippen LogP) is 4.26. The number of hydrogen-bond donors (Lipinski definition) is 4. The minimum atomic E-state index is -0.557. The van der Waals surface area contributed by atoms with E-state index in [2.05, 4.69) is 26.6 Å². The summed E-state index contributed by atoms with van der Waals surface area (Å²) in [5, 5.41) is 10.7. The molecule has 0 bridgehead atoms.